The molecule has 0 bridgehead atoms. The Balaban J connectivity index is 1.90. The summed E-state index contributed by atoms with van der Waals surface area (Å²) in [5.74, 6) is 1.46. The van der Waals surface area contributed by atoms with Crippen LogP contribution < -0.4 is 10.2 Å². The van der Waals surface area contributed by atoms with Gasteiger partial charge in [-0.2, -0.15) is 13.2 Å². The van der Waals surface area contributed by atoms with Gasteiger partial charge in [0.25, 0.3) is 0 Å². The van der Waals surface area contributed by atoms with Gasteiger partial charge in [-0.1, -0.05) is 25.8 Å². The van der Waals surface area contributed by atoms with Crippen molar-refractivity contribution in [2.45, 2.75) is 64.7 Å². The summed E-state index contributed by atoms with van der Waals surface area (Å²) in [5.41, 5.74) is -0.610. The number of nitrogens with zero attached hydrogens (tertiary/aromatic N) is 4. The molecule has 2 aromatic rings. The standard InChI is InChI=1S/C20H26F3N5O/c1-2-3-11-24-19(29)28(16-9-7-8-15(13-16)20(21,22)23)14-18-26-25-17-10-5-4-6-12-27(17)18/h7-9,13H,2-6,10-12,14H2,1H3,(H,24,29). The van der Waals surface area contributed by atoms with E-state index in [2.05, 4.69) is 15.5 Å². The largest absolute Gasteiger partial charge is 0.416 e. The van der Waals surface area contributed by atoms with Crippen LogP contribution in [0.3, 0.4) is 0 Å². The van der Waals surface area contributed by atoms with E-state index in [-0.39, 0.29) is 12.2 Å². The number of alkyl halides is 3. The molecule has 6 nitrogen and oxygen atoms in total. The number of rotatable bonds is 6. The van der Waals surface area contributed by atoms with Crippen molar-refractivity contribution in [3.8, 4) is 0 Å². The molecule has 2 heterocycles. The minimum atomic E-state index is -4.48. The molecule has 0 spiro atoms. The van der Waals surface area contributed by atoms with E-state index < -0.39 is 17.8 Å². The zero-order valence-corrected chi connectivity index (χ0v) is 16.5. The second kappa shape index (κ2) is 9.28. The molecule has 1 N–H and O–H groups in total. The lowest BCUT2D eigenvalue weighted by Gasteiger charge is -2.24. The van der Waals surface area contributed by atoms with Crippen molar-refractivity contribution in [2.24, 2.45) is 0 Å². The maximum absolute atomic E-state index is 13.2. The van der Waals surface area contributed by atoms with Gasteiger partial charge in [-0.15, -0.1) is 10.2 Å². The van der Waals surface area contributed by atoms with Crippen LogP contribution in [0.4, 0.5) is 23.7 Å². The number of anilines is 1. The lowest BCUT2D eigenvalue weighted by atomic mass is 10.2. The lowest BCUT2D eigenvalue weighted by Crippen LogP contribution is -2.40. The van der Waals surface area contributed by atoms with Crippen LogP contribution in [0.2, 0.25) is 0 Å². The molecule has 0 aliphatic carbocycles. The number of benzene rings is 1. The Bertz CT molecular complexity index is 834. The molecular formula is C20H26F3N5O. The Labute approximate surface area is 168 Å². The van der Waals surface area contributed by atoms with Crippen LogP contribution in [-0.4, -0.2) is 27.3 Å². The van der Waals surface area contributed by atoms with E-state index in [1.54, 1.807) is 0 Å². The molecule has 0 unspecified atom stereocenters. The lowest BCUT2D eigenvalue weighted by molar-refractivity contribution is -0.137. The highest BCUT2D eigenvalue weighted by atomic mass is 19.4. The van der Waals surface area contributed by atoms with Crippen molar-refractivity contribution in [3.63, 3.8) is 0 Å². The minimum absolute atomic E-state index is 0.0618. The third-order valence-corrected chi connectivity index (χ3v) is 5.02. The van der Waals surface area contributed by atoms with Gasteiger partial charge >= 0.3 is 12.2 Å². The van der Waals surface area contributed by atoms with Crippen LogP contribution in [0.15, 0.2) is 24.3 Å². The first kappa shape index (κ1) is 21.1. The van der Waals surface area contributed by atoms with E-state index in [1.165, 1.54) is 17.0 Å². The fraction of sp³-hybridized carbons (Fsp3) is 0.550. The van der Waals surface area contributed by atoms with Crippen LogP contribution in [0, 0.1) is 0 Å². The minimum Gasteiger partial charge on any atom is -0.338 e. The summed E-state index contributed by atoms with van der Waals surface area (Å²) in [7, 11) is 0. The number of nitrogens with one attached hydrogen (secondary N) is 1. The van der Waals surface area contributed by atoms with Crippen molar-refractivity contribution < 1.29 is 18.0 Å². The molecule has 158 valence electrons. The first-order chi connectivity index (χ1) is 13.9. The van der Waals surface area contributed by atoms with Crippen molar-refractivity contribution in [3.05, 3.63) is 41.5 Å². The van der Waals surface area contributed by atoms with Crippen LogP contribution in [0.25, 0.3) is 0 Å². The van der Waals surface area contributed by atoms with Gasteiger partial charge in [0.2, 0.25) is 0 Å². The number of halogens is 3. The molecule has 1 aliphatic heterocycles. The Morgan fingerprint density at radius 3 is 2.83 bits per heavy atom. The summed E-state index contributed by atoms with van der Waals surface area (Å²) in [6.07, 6.45) is 1.16. The average Bonchev–Trinajstić information content (AvgIpc) is 2.91. The number of urea groups is 1. The molecular weight excluding hydrogens is 383 g/mol. The zero-order valence-electron chi connectivity index (χ0n) is 16.5. The van der Waals surface area contributed by atoms with Crippen molar-refractivity contribution in [1.29, 1.82) is 0 Å². The fourth-order valence-electron chi connectivity index (χ4n) is 3.40. The second-order valence-corrected chi connectivity index (χ2v) is 7.21. The molecule has 9 heteroatoms. The average molecular weight is 409 g/mol. The molecule has 0 saturated carbocycles. The fourth-order valence-corrected chi connectivity index (χ4v) is 3.40. The van der Waals surface area contributed by atoms with Gasteiger partial charge in [0.1, 0.15) is 5.82 Å². The van der Waals surface area contributed by atoms with Crippen molar-refractivity contribution in [2.75, 3.05) is 11.4 Å². The van der Waals surface area contributed by atoms with Crippen LogP contribution in [-0.2, 0) is 25.7 Å². The number of amides is 2. The van der Waals surface area contributed by atoms with E-state index >= 15 is 0 Å². The topological polar surface area (TPSA) is 63.1 Å². The van der Waals surface area contributed by atoms with Crippen LogP contribution in [0.1, 0.15) is 56.2 Å². The maximum atomic E-state index is 13.2. The predicted octanol–water partition coefficient (Wildman–Crippen LogP) is 4.54. The molecule has 2 amide bonds. The number of hydrogen-bond donors (Lipinski definition) is 1. The highest BCUT2D eigenvalue weighted by Crippen LogP contribution is 2.32. The Hall–Kier alpha value is -2.58. The molecule has 0 atom stereocenters. The highest BCUT2D eigenvalue weighted by molar-refractivity contribution is 5.91. The number of hydrogen-bond acceptors (Lipinski definition) is 3. The van der Waals surface area contributed by atoms with E-state index in [0.717, 1.165) is 63.0 Å². The third kappa shape index (κ3) is 5.27. The van der Waals surface area contributed by atoms with Crippen molar-refractivity contribution >= 4 is 11.7 Å². The summed E-state index contributed by atoms with van der Waals surface area (Å²) < 4.78 is 41.5. The first-order valence-corrected chi connectivity index (χ1v) is 10.0. The normalized spacial score (nSPS) is 14.2. The number of carbonyl (C=O) groups is 1. The quantitative estimate of drug-likeness (QED) is 0.713. The smallest absolute Gasteiger partial charge is 0.338 e. The molecule has 0 saturated heterocycles. The summed E-state index contributed by atoms with van der Waals surface area (Å²) in [6, 6.07) is 4.38. The number of carbonyl (C=O) groups excluding carboxylic acids is 1. The SMILES string of the molecule is CCCCNC(=O)N(Cc1nnc2n1CCCCC2)c1cccc(C(F)(F)F)c1. The van der Waals surface area contributed by atoms with Gasteiger partial charge in [-0.05, 0) is 37.5 Å². The van der Waals surface area contributed by atoms with Gasteiger partial charge in [0.05, 0.1) is 12.1 Å². The number of aromatic nitrogens is 3. The molecule has 1 aliphatic rings. The molecule has 0 fully saturated rings. The molecule has 1 aromatic heterocycles. The highest BCUT2D eigenvalue weighted by Gasteiger charge is 2.31. The van der Waals surface area contributed by atoms with Gasteiger partial charge in [0.15, 0.2) is 5.82 Å². The van der Waals surface area contributed by atoms with Gasteiger partial charge in [-0.25, -0.2) is 4.79 Å². The summed E-state index contributed by atoms with van der Waals surface area (Å²) >= 11 is 0. The van der Waals surface area contributed by atoms with Crippen LogP contribution in [0.5, 0.6) is 0 Å². The summed E-state index contributed by atoms with van der Waals surface area (Å²) in [5, 5.41) is 11.2. The number of unbranched alkanes of at least 4 members (excludes halogenated alkanes) is 1. The van der Waals surface area contributed by atoms with E-state index in [4.69, 9.17) is 0 Å². The zero-order chi connectivity index (χ0) is 20.9. The second-order valence-electron chi connectivity index (χ2n) is 7.21. The van der Waals surface area contributed by atoms with Crippen molar-refractivity contribution in [1.82, 2.24) is 20.1 Å². The molecule has 1 aromatic carbocycles. The third-order valence-electron chi connectivity index (χ3n) is 5.02. The summed E-state index contributed by atoms with van der Waals surface area (Å²) in [6.45, 7) is 3.28. The first-order valence-electron chi connectivity index (χ1n) is 10.0. The van der Waals surface area contributed by atoms with Gasteiger partial charge in [0, 0.05) is 25.2 Å². The Kier molecular flexibility index (Phi) is 6.76. The summed E-state index contributed by atoms with van der Waals surface area (Å²) in [4.78, 5) is 14.1. The Morgan fingerprint density at radius 2 is 2.07 bits per heavy atom. The van der Waals surface area contributed by atoms with Gasteiger partial charge < -0.3 is 9.88 Å². The van der Waals surface area contributed by atoms with E-state index in [1.807, 2.05) is 11.5 Å². The van der Waals surface area contributed by atoms with E-state index in [9.17, 15) is 18.0 Å². The Morgan fingerprint density at radius 1 is 1.24 bits per heavy atom. The number of aryl methyl sites for hydroxylation is 1. The van der Waals surface area contributed by atoms with E-state index in [0.29, 0.717) is 12.4 Å². The number of fused-ring (bicyclic) bond motifs is 1. The van der Waals surface area contributed by atoms with Crippen LogP contribution >= 0.6 is 0 Å². The maximum Gasteiger partial charge on any atom is 0.416 e. The predicted molar refractivity (Wildman–Crippen MR) is 104 cm³/mol. The molecule has 29 heavy (non-hydrogen) atoms. The molecule has 0 radical (unpaired) electrons. The monoisotopic (exact) mass is 409 g/mol. The molecule has 3 rings (SSSR count). The van der Waals surface area contributed by atoms with Gasteiger partial charge in [-0.3, -0.25) is 4.90 Å².